The van der Waals surface area contributed by atoms with Gasteiger partial charge in [-0.2, -0.15) is 0 Å². The van der Waals surface area contributed by atoms with Crippen molar-refractivity contribution in [2.75, 3.05) is 14.2 Å². The summed E-state index contributed by atoms with van der Waals surface area (Å²) in [5.41, 5.74) is -0.767. The minimum absolute atomic E-state index is 0.0466. The molecule has 0 bridgehead atoms. The molecule has 0 heterocycles. The van der Waals surface area contributed by atoms with Crippen molar-refractivity contribution < 1.29 is 27.8 Å². The van der Waals surface area contributed by atoms with Crippen LogP contribution in [-0.4, -0.2) is 26.0 Å². The molecule has 17 heavy (non-hydrogen) atoms. The molecule has 0 saturated carbocycles. The van der Waals surface area contributed by atoms with Gasteiger partial charge >= 0.3 is 5.97 Å². The lowest BCUT2D eigenvalue weighted by Crippen LogP contribution is -2.13. The maximum atomic E-state index is 13.4. The van der Waals surface area contributed by atoms with Crippen LogP contribution in [0.3, 0.4) is 0 Å². The number of benzene rings is 1. The van der Waals surface area contributed by atoms with Crippen molar-refractivity contribution >= 4 is 11.8 Å². The Kier molecular flexibility index (Phi) is 4.14. The van der Waals surface area contributed by atoms with Crippen molar-refractivity contribution in [1.29, 1.82) is 0 Å². The van der Waals surface area contributed by atoms with Crippen LogP contribution in [0.4, 0.5) is 8.78 Å². The van der Waals surface area contributed by atoms with Crippen LogP contribution in [0.1, 0.15) is 16.8 Å². The SMILES string of the molecule is COC(=O)CC(=O)c1c(F)cc(OC)cc1F. The van der Waals surface area contributed by atoms with Crippen molar-refractivity contribution in [1.82, 2.24) is 0 Å². The van der Waals surface area contributed by atoms with Gasteiger partial charge in [0.15, 0.2) is 5.78 Å². The van der Waals surface area contributed by atoms with Gasteiger partial charge in [-0.1, -0.05) is 0 Å². The number of carbonyl (C=O) groups excluding carboxylic acids is 2. The van der Waals surface area contributed by atoms with Crippen LogP contribution in [0.25, 0.3) is 0 Å². The maximum absolute atomic E-state index is 13.4. The van der Waals surface area contributed by atoms with E-state index in [0.717, 1.165) is 19.2 Å². The fourth-order valence-corrected chi connectivity index (χ4v) is 1.23. The van der Waals surface area contributed by atoms with Gasteiger partial charge in [0.1, 0.15) is 23.8 Å². The quantitative estimate of drug-likeness (QED) is 0.459. The van der Waals surface area contributed by atoms with E-state index in [2.05, 4.69) is 9.47 Å². The van der Waals surface area contributed by atoms with Gasteiger partial charge < -0.3 is 9.47 Å². The molecule has 0 fully saturated rings. The summed E-state index contributed by atoms with van der Waals surface area (Å²) in [4.78, 5) is 22.3. The summed E-state index contributed by atoms with van der Waals surface area (Å²) >= 11 is 0. The second-order valence-corrected chi connectivity index (χ2v) is 3.14. The molecule has 0 amide bonds. The number of ether oxygens (including phenoxy) is 2. The van der Waals surface area contributed by atoms with Gasteiger partial charge in [0.2, 0.25) is 0 Å². The number of rotatable bonds is 4. The number of halogens is 2. The van der Waals surface area contributed by atoms with E-state index in [0.29, 0.717) is 0 Å². The number of Topliss-reactive ketones (excluding diaryl/α,β-unsaturated/α-hetero) is 1. The number of hydrogen-bond acceptors (Lipinski definition) is 4. The lowest BCUT2D eigenvalue weighted by Gasteiger charge is -2.06. The zero-order chi connectivity index (χ0) is 13.0. The average molecular weight is 244 g/mol. The highest BCUT2D eigenvalue weighted by Gasteiger charge is 2.21. The molecule has 0 atom stereocenters. The maximum Gasteiger partial charge on any atom is 0.313 e. The van der Waals surface area contributed by atoms with E-state index in [1.54, 1.807) is 0 Å². The van der Waals surface area contributed by atoms with Gasteiger partial charge in [-0.15, -0.1) is 0 Å². The summed E-state index contributed by atoms with van der Waals surface area (Å²) in [6.07, 6.45) is -0.712. The number of methoxy groups -OCH3 is 2. The first kappa shape index (κ1) is 13.1. The summed E-state index contributed by atoms with van der Waals surface area (Å²) < 4.78 is 35.7. The van der Waals surface area contributed by atoms with Crippen LogP contribution in [0.15, 0.2) is 12.1 Å². The summed E-state index contributed by atoms with van der Waals surface area (Å²) in [5, 5.41) is 0. The number of ketones is 1. The predicted octanol–water partition coefficient (Wildman–Crippen LogP) is 1.72. The molecule has 1 rings (SSSR count). The highest BCUT2D eigenvalue weighted by Crippen LogP contribution is 2.21. The fraction of sp³-hybridized carbons (Fsp3) is 0.273. The van der Waals surface area contributed by atoms with Crippen LogP contribution in [0.2, 0.25) is 0 Å². The van der Waals surface area contributed by atoms with E-state index in [1.807, 2.05) is 0 Å². The predicted molar refractivity (Wildman–Crippen MR) is 53.9 cm³/mol. The molecule has 4 nitrogen and oxygen atoms in total. The van der Waals surface area contributed by atoms with E-state index in [1.165, 1.54) is 7.11 Å². The van der Waals surface area contributed by atoms with E-state index in [4.69, 9.17) is 0 Å². The van der Waals surface area contributed by atoms with Gasteiger partial charge in [-0.05, 0) is 0 Å². The van der Waals surface area contributed by atoms with Crippen molar-refractivity contribution in [2.24, 2.45) is 0 Å². The van der Waals surface area contributed by atoms with Gasteiger partial charge in [-0.3, -0.25) is 9.59 Å². The molecule has 6 heteroatoms. The van der Waals surface area contributed by atoms with E-state index in [9.17, 15) is 18.4 Å². The summed E-state index contributed by atoms with van der Waals surface area (Å²) in [7, 11) is 2.32. The standard InChI is InChI=1S/C11H10F2O4/c1-16-6-3-7(12)11(8(13)4-6)9(14)5-10(15)17-2/h3-4H,5H2,1-2H3. The third-order valence-electron chi connectivity index (χ3n) is 2.06. The molecule has 0 aliphatic heterocycles. The lowest BCUT2D eigenvalue weighted by molar-refractivity contribution is -0.139. The van der Waals surface area contributed by atoms with E-state index < -0.39 is 35.4 Å². The Balaban J connectivity index is 3.06. The van der Waals surface area contributed by atoms with Crippen LogP contribution in [-0.2, 0) is 9.53 Å². The fourth-order valence-electron chi connectivity index (χ4n) is 1.23. The van der Waals surface area contributed by atoms with Crippen LogP contribution < -0.4 is 4.74 Å². The molecule has 0 spiro atoms. The largest absolute Gasteiger partial charge is 0.497 e. The Bertz CT molecular complexity index is 434. The van der Waals surface area contributed by atoms with Crippen molar-refractivity contribution in [2.45, 2.75) is 6.42 Å². The van der Waals surface area contributed by atoms with E-state index >= 15 is 0 Å². The lowest BCUT2D eigenvalue weighted by atomic mass is 10.1. The molecule has 92 valence electrons. The summed E-state index contributed by atoms with van der Waals surface area (Å²) in [5.74, 6) is -4.03. The van der Waals surface area contributed by atoms with Crippen molar-refractivity contribution in [3.63, 3.8) is 0 Å². The highest BCUT2D eigenvalue weighted by atomic mass is 19.1. The molecule has 0 saturated heterocycles. The third kappa shape index (κ3) is 2.99. The molecule has 1 aromatic carbocycles. The first-order valence-corrected chi connectivity index (χ1v) is 4.62. The summed E-state index contributed by atoms with van der Waals surface area (Å²) in [6.45, 7) is 0. The van der Waals surface area contributed by atoms with Gasteiger partial charge in [0, 0.05) is 12.1 Å². The number of carbonyl (C=O) groups is 2. The smallest absolute Gasteiger partial charge is 0.313 e. The molecule has 0 N–H and O–H groups in total. The third-order valence-corrected chi connectivity index (χ3v) is 2.06. The first-order valence-electron chi connectivity index (χ1n) is 4.62. The molecule has 0 aliphatic rings. The first-order chi connectivity index (χ1) is 7.99. The Morgan fingerprint density at radius 1 is 1.18 bits per heavy atom. The molecule has 0 radical (unpaired) electrons. The van der Waals surface area contributed by atoms with Crippen LogP contribution >= 0.6 is 0 Å². The number of hydrogen-bond donors (Lipinski definition) is 0. The second-order valence-electron chi connectivity index (χ2n) is 3.14. The average Bonchev–Trinajstić information content (AvgIpc) is 2.27. The second kappa shape index (κ2) is 5.38. The molecule has 1 aromatic rings. The molecular weight excluding hydrogens is 234 g/mol. The van der Waals surface area contributed by atoms with Crippen molar-refractivity contribution in [3.05, 3.63) is 29.3 Å². The Hall–Kier alpha value is -1.98. The normalized spacial score (nSPS) is 9.88. The van der Waals surface area contributed by atoms with E-state index in [-0.39, 0.29) is 5.75 Å². The highest BCUT2D eigenvalue weighted by molar-refractivity contribution is 6.06. The summed E-state index contributed by atoms with van der Waals surface area (Å²) in [6, 6.07) is 1.74. The zero-order valence-corrected chi connectivity index (χ0v) is 9.25. The van der Waals surface area contributed by atoms with Crippen molar-refractivity contribution in [3.8, 4) is 5.75 Å². The zero-order valence-electron chi connectivity index (χ0n) is 9.25. The van der Waals surface area contributed by atoms with Crippen LogP contribution in [0.5, 0.6) is 5.75 Å². The topological polar surface area (TPSA) is 52.6 Å². The Labute approximate surface area is 96.1 Å². The number of esters is 1. The van der Waals surface area contributed by atoms with Gasteiger partial charge in [-0.25, -0.2) is 8.78 Å². The minimum Gasteiger partial charge on any atom is -0.497 e. The Morgan fingerprint density at radius 3 is 2.12 bits per heavy atom. The van der Waals surface area contributed by atoms with Crippen LogP contribution in [0, 0.1) is 11.6 Å². The monoisotopic (exact) mass is 244 g/mol. The van der Waals surface area contributed by atoms with Gasteiger partial charge in [0.25, 0.3) is 0 Å². The Morgan fingerprint density at radius 2 is 1.71 bits per heavy atom. The molecule has 0 aromatic heterocycles. The molecular formula is C11H10F2O4. The molecule has 0 aliphatic carbocycles. The minimum atomic E-state index is -1.07. The molecule has 0 unspecified atom stereocenters. The van der Waals surface area contributed by atoms with Gasteiger partial charge in [0.05, 0.1) is 19.8 Å².